The summed E-state index contributed by atoms with van der Waals surface area (Å²) in [6.45, 7) is 0.244. The number of ether oxygens (including phenoxy) is 1. The number of nitrogens with zero attached hydrogens (tertiary/aromatic N) is 3. The Bertz CT molecular complexity index is 1220. The van der Waals surface area contributed by atoms with E-state index in [1.54, 1.807) is 42.5 Å². The second kappa shape index (κ2) is 10.6. The molecule has 0 aliphatic carbocycles. The molecule has 3 aromatic rings. The fraction of sp³-hybridized carbons (Fsp3) is 0.167. The molecule has 34 heavy (non-hydrogen) atoms. The summed E-state index contributed by atoms with van der Waals surface area (Å²) in [6, 6.07) is 15.7. The Morgan fingerprint density at radius 2 is 1.97 bits per heavy atom. The lowest BCUT2D eigenvalue weighted by Crippen LogP contribution is -2.52. The van der Waals surface area contributed by atoms with Gasteiger partial charge in [0.05, 0.1) is 19.6 Å². The normalized spacial score (nSPS) is 15.3. The molecule has 1 atom stereocenters. The Morgan fingerprint density at radius 1 is 1.21 bits per heavy atom. The van der Waals surface area contributed by atoms with Crippen molar-refractivity contribution >= 4 is 35.1 Å². The van der Waals surface area contributed by atoms with Gasteiger partial charge in [-0.05, 0) is 47.1 Å². The van der Waals surface area contributed by atoms with Crippen LogP contribution in [0.4, 0.5) is 5.69 Å². The van der Waals surface area contributed by atoms with Crippen LogP contribution in [0.15, 0.2) is 70.4 Å². The van der Waals surface area contributed by atoms with E-state index in [4.69, 9.17) is 27.3 Å². The average molecular weight is 478 g/mol. The second-order valence-corrected chi connectivity index (χ2v) is 7.72. The highest BCUT2D eigenvalue weighted by atomic mass is 35.5. The lowest BCUT2D eigenvalue weighted by molar-refractivity contribution is -0.139. The maximum Gasteiger partial charge on any atom is 0.259 e. The summed E-state index contributed by atoms with van der Waals surface area (Å²) in [6.07, 6.45) is 6.63. The maximum absolute atomic E-state index is 13.3. The van der Waals surface area contributed by atoms with Crippen molar-refractivity contribution in [3.63, 3.8) is 0 Å². The van der Waals surface area contributed by atoms with Crippen molar-refractivity contribution in [1.82, 2.24) is 15.4 Å². The van der Waals surface area contributed by atoms with Crippen LogP contribution < -0.4 is 15.4 Å². The molecule has 0 saturated heterocycles. The van der Waals surface area contributed by atoms with Gasteiger partial charge >= 0.3 is 0 Å². The first-order valence-electron chi connectivity index (χ1n) is 10.3. The van der Waals surface area contributed by atoms with Crippen molar-refractivity contribution < 1.29 is 18.8 Å². The monoisotopic (exact) mass is 477 g/mol. The van der Waals surface area contributed by atoms with Gasteiger partial charge in [0.15, 0.2) is 0 Å². The van der Waals surface area contributed by atoms with E-state index in [0.717, 1.165) is 5.56 Å². The highest BCUT2D eigenvalue weighted by molar-refractivity contribution is 6.30. The molecule has 1 aromatic heterocycles. The highest BCUT2D eigenvalue weighted by Gasteiger charge is 2.36. The molecule has 172 valence electrons. The number of halogens is 1. The van der Waals surface area contributed by atoms with E-state index in [2.05, 4.69) is 26.7 Å². The number of benzene rings is 2. The Kier molecular flexibility index (Phi) is 7.10. The maximum atomic E-state index is 13.3. The van der Waals surface area contributed by atoms with Crippen molar-refractivity contribution in [2.24, 2.45) is 10.9 Å². The predicted molar refractivity (Wildman–Crippen MR) is 126 cm³/mol. The van der Waals surface area contributed by atoms with Crippen LogP contribution in [-0.4, -0.2) is 40.9 Å². The lowest BCUT2D eigenvalue weighted by Gasteiger charge is -2.31. The smallest absolute Gasteiger partial charge is 0.259 e. The molecule has 2 heterocycles. The van der Waals surface area contributed by atoms with Gasteiger partial charge in [-0.3, -0.25) is 19.5 Å². The Hall–Kier alpha value is -4.29. The molecule has 1 aliphatic heterocycles. The summed E-state index contributed by atoms with van der Waals surface area (Å²) in [7, 11) is 0. The van der Waals surface area contributed by atoms with E-state index in [0.29, 0.717) is 28.3 Å². The van der Waals surface area contributed by atoms with E-state index < -0.39 is 11.8 Å². The van der Waals surface area contributed by atoms with E-state index >= 15 is 0 Å². The summed E-state index contributed by atoms with van der Waals surface area (Å²) >= 11 is 5.98. The molecule has 10 heteroatoms. The number of carbonyl (C=O) groups is 2. The Morgan fingerprint density at radius 3 is 2.65 bits per heavy atom. The number of carbonyl (C=O) groups excluding carboxylic acids is 2. The summed E-state index contributed by atoms with van der Waals surface area (Å²) in [4.78, 5) is 31.6. The Labute approximate surface area is 200 Å². The Balaban J connectivity index is 1.53. The zero-order valence-corrected chi connectivity index (χ0v) is 18.7. The van der Waals surface area contributed by atoms with Crippen LogP contribution in [0.25, 0.3) is 0 Å². The van der Waals surface area contributed by atoms with Gasteiger partial charge in [0.25, 0.3) is 5.88 Å². The van der Waals surface area contributed by atoms with Crippen LogP contribution >= 0.6 is 11.6 Å². The molecule has 0 saturated carbocycles. The number of terminal acetylenes is 1. The van der Waals surface area contributed by atoms with Crippen molar-refractivity contribution in [1.29, 1.82) is 0 Å². The molecule has 2 amide bonds. The summed E-state index contributed by atoms with van der Waals surface area (Å²) in [5.74, 6) is 1.75. The molecular weight excluding hydrogens is 458 g/mol. The van der Waals surface area contributed by atoms with Gasteiger partial charge < -0.3 is 19.9 Å². The standard InChI is InChI=1S/C24H20ClN5O4/c1-2-12-26-22(31)20-14-27-24(30(23(20)32)15-16-3-5-17(25)6-4-16)28-18-7-9-19(10-8-18)34-21-11-13-33-29-21/h1,3-11,13,20H,12,14-15H2,(H,26,31)(H,27,28). The van der Waals surface area contributed by atoms with Gasteiger partial charge in [-0.25, -0.2) is 0 Å². The molecule has 1 unspecified atom stereocenters. The van der Waals surface area contributed by atoms with Crippen LogP contribution in [0.5, 0.6) is 11.6 Å². The number of aromatic nitrogens is 1. The topological polar surface area (TPSA) is 109 Å². The third-order valence-corrected chi connectivity index (χ3v) is 5.18. The average Bonchev–Trinajstić information content (AvgIpc) is 3.35. The molecule has 0 spiro atoms. The number of rotatable bonds is 7. The number of anilines is 1. The molecule has 2 aromatic carbocycles. The minimum absolute atomic E-state index is 0.00203. The lowest BCUT2D eigenvalue weighted by atomic mass is 10.0. The molecule has 1 aliphatic rings. The summed E-state index contributed by atoms with van der Waals surface area (Å²) in [5.41, 5.74) is 1.50. The molecule has 9 nitrogen and oxygen atoms in total. The number of nitrogens with one attached hydrogen (secondary N) is 2. The molecular formula is C24H20ClN5O4. The zero-order chi connectivity index (χ0) is 23.9. The van der Waals surface area contributed by atoms with Gasteiger partial charge in [-0.1, -0.05) is 29.7 Å². The first kappa shape index (κ1) is 22.9. The fourth-order valence-electron chi connectivity index (χ4n) is 3.23. The van der Waals surface area contributed by atoms with Crippen LogP contribution in [0.2, 0.25) is 5.02 Å². The van der Waals surface area contributed by atoms with Crippen LogP contribution in [-0.2, 0) is 16.1 Å². The minimum Gasteiger partial charge on any atom is -0.436 e. The summed E-state index contributed by atoms with van der Waals surface area (Å²) < 4.78 is 10.3. The largest absolute Gasteiger partial charge is 0.436 e. The number of aliphatic imine (C=N–C) groups is 1. The van der Waals surface area contributed by atoms with E-state index in [9.17, 15) is 9.59 Å². The van der Waals surface area contributed by atoms with E-state index in [1.807, 2.05) is 12.1 Å². The molecule has 4 rings (SSSR count). The third kappa shape index (κ3) is 5.54. The first-order valence-corrected chi connectivity index (χ1v) is 10.7. The number of guanidine groups is 1. The second-order valence-electron chi connectivity index (χ2n) is 7.28. The molecule has 0 fully saturated rings. The zero-order valence-electron chi connectivity index (χ0n) is 17.9. The fourth-order valence-corrected chi connectivity index (χ4v) is 3.36. The predicted octanol–water partition coefficient (Wildman–Crippen LogP) is 3.30. The van der Waals surface area contributed by atoms with Crippen molar-refractivity contribution in [2.75, 3.05) is 18.4 Å². The number of amides is 2. The highest BCUT2D eigenvalue weighted by Crippen LogP contribution is 2.23. The summed E-state index contributed by atoms with van der Waals surface area (Å²) in [5, 5.41) is 10.0. The van der Waals surface area contributed by atoms with Crippen molar-refractivity contribution in [3.8, 4) is 24.0 Å². The van der Waals surface area contributed by atoms with Gasteiger partial charge in [0.2, 0.25) is 17.8 Å². The van der Waals surface area contributed by atoms with Crippen LogP contribution in [0.1, 0.15) is 5.56 Å². The van der Waals surface area contributed by atoms with Crippen LogP contribution in [0.3, 0.4) is 0 Å². The van der Waals surface area contributed by atoms with Crippen LogP contribution in [0, 0.1) is 18.3 Å². The molecule has 0 bridgehead atoms. The molecule has 0 radical (unpaired) electrons. The quantitative estimate of drug-likeness (QED) is 0.399. The molecule has 2 N–H and O–H groups in total. The first-order chi connectivity index (χ1) is 16.5. The third-order valence-electron chi connectivity index (χ3n) is 4.93. The number of hydrogen-bond acceptors (Lipinski definition) is 7. The van der Waals surface area contributed by atoms with Gasteiger partial charge in [0, 0.05) is 16.8 Å². The minimum atomic E-state index is -0.968. The van der Waals surface area contributed by atoms with E-state index in [1.165, 1.54) is 11.2 Å². The number of hydrogen-bond donors (Lipinski definition) is 2. The van der Waals surface area contributed by atoms with Gasteiger partial charge in [-0.2, -0.15) is 0 Å². The van der Waals surface area contributed by atoms with Gasteiger partial charge in [0.1, 0.15) is 17.9 Å². The van der Waals surface area contributed by atoms with Crippen molar-refractivity contribution in [3.05, 3.63) is 71.4 Å². The van der Waals surface area contributed by atoms with E-state index in [-0.39, 0.29) is 25.5 Å². The SMILES string of the molecule is C#CCNC(=O)C1CN=C(Nc2ccc(Oc3ccon3)cc2)N(Cc2ccc(Cl)cc2)C1=O. The van der Waals surface area contributed by atoms with Crippen molar-refractivity contribution in [2.45, 2.75) is 6.54 Å². The van der Waals surface area contributed by atoms with Gasteiger partial charge in [-0.15, -0.1) is 6.42 Å².